The van der Waals surface area contributed by atoms with Crippen LogP contribution in [0.2, 0.25) is 0 Å². The molecule has 0 atom stereocenters. The standard InChI is InChI=1S/C8H18N2O8/c11-8(4-1-2-6-17-9(12)13)16-5-3-7-18-10(14)15/h12-15H,1-7H2. The number of hydrogen-bond donors (Lipinski definition) is 4. The molecule has 0 saturated heterocycles. The molecule has 0 aliphatic rings. The number of carbonyl (C=O) groups excluding carboxylic acids is 1. The van der Waals surface area contributed by atoms with Gasteiger partial charge in [-0.2, -0.15) is 0 Å². The number of nitrogens with zero attached hydrogens (tertiary/aromatic N) is 2. The first kappa shape index (κ1) is 17.2. The lowest BCUT2D eigenvalue weighted by Gasteiger charge is -2.07. The molecule has 18 heavy (non-hydrogen) atoms. The van der Waals surface area contributed by atoms with Gasteiger partial charge in [-0.3, -0.25) is 35.3 Å². The summed E-state index contributed by atoms with van der Waals surface area (Å²) in [5, 5.41) is 31.9. The molecule has 0 bridgehead atoms. The van der Waals surface area contributed by atoms with E-state index in [4.69, 9.17) is 25.6 Å². The van der Waals surface area contributed by atoms with Crippen molar-refractivity contribution in [2.75, 3.05) is 19.8 Å². The Kier molecular flexibility index (Phi) is 10.7. The highest BCUT2D eigenvalue weighted by Crippen LogP contribution is 1.99. The molecule has 0 spiro atoms. The minimum Gasteiger partial charge on any atom is -0.466 e. The minimum atomic E-state index is -0.409. The number of rotatable bonds is 11. The summed E-state index contributed by atoms with van der Waals surface area (Å²) in [6, 6.07) is 0. The van der Waals surface area contributed by atoms with Crippen molar-refractivity contribution in [3.63, 3.8) is 0 Å². The normalized spacial score (nSPS) is 11.2. The summed E-state index contributed by atoms with van der Waals surface area (Å²) >= 11 is 0. The van der Waals surface area contributed by atoms with Crippen LogP contribution in [-0.2, 0) is 19.2 Å². The Balaban J connectivity index is 3.22. The molecule has 0 radical (unpaired) electrons. The Hall–Kier alpha value is -0.850. The van der Waals surface area contributed by atoms with Crippen LogP contribution in [-0.4, -0.2) is 57.4 Å². The Morgan fingerprint density at radius 3 is 1.94 bits per heavy atom. The third kappa shape index (κ3) is 13.2. The largest absolute Gasteiger partial charge is 0.466 e. The van der Waals surface area contributed by atoms with Crippen molar-refractivity contribution in [3.8, 4) is 0 Å². The van der Waals surface area contributed by atoms with Crippen LogP contribution in [0.1, 0.15) is 25.7 Å². The number of hydrogen-bond acceptors (Lipinski definition) is 10. The number of esters is 1. The molecule has 10 nitrogen and oxygen atoms in total. The third-order valence-corrected chi connectivity index (χ3v) is 1.74. The molecule has 0 fully saturated rings. The van der Waals surface area contributed by atoms with Crippen molar-refractivity contribution in [3.05, 3.63) is 0 Å². The minimum absolute atomic E-state index is 0.0109. The molecular formula is C8H18N2O8. The number of carbonyl (C=O) groups is 1. The molecule has 0 heterocycles. The van der Waals surface area contributed by atoms with Crippen LogP contribution in [0.4, 0.5) is 0 Å². The number of ether oxygens (including phenoxy) is 1. The third-order valence-electron chi connectivity index (χ3n) is 1.74. The second-order valence-electron chi connectivity index (χ2n) is 3.20. The Labute approximate surface area is 103 Å². The monoisotopic (exact) mass is 270 g/mol. The zero-order valence-electron chi connectivity index (χ0n) is 9.77. The molecule has 0 aromatic heterocycles. The summed E-state index contributed by atoms with van der Waals surface area (Å²) in [6.45, 7) is 0.206. The van der Waals surface area contributed by atoms with Crippen molar-refractivity contribution in [2.24, 2.45) is 0 Å². The number of unbranched alkanes of at least 4 members (excludes halogenated alkanes) is 1. The molecule has 0 saturated carbocycles. The van der Waals surface area contributed by atoms with E-state index in [1.54, 1.807) is 0 Å². The van der Waals surface area contributed by atoms with Crippen molar-refractivity contribution in [1.82, 2.24) is 10.8 Å². The van der Waals surface area contributed by atoms with E-state index in [9.17, 15) is 4.79 Å². The van der Waals surface area contributed by atoms with Gasteiger partial charge >= 0.3 is 5.97 Å². The van der Waals surface area contributed by atoms with E-state index in [0.717, 1.165) is 0 Å². The molecule has 0 aliphatic heterocycles. The molecule has 108 valence electrons. The second kappa shape index (κ2) is 11.3. The zero-order chi connectivity index (χ0) is 13.8. The molecule has 0 aromatic carbocycles. The van der Waals surface area contributed by atoms with Crippen LogP contribution in [0.15, 0.2) is 0 Å². The maximum absolute atomic E-state index is 11.1. The zero-order valence-corrected chi connectivity index (χ0v) is 9.77. The topological polar surface area (TPSA) is 132 Å². The van der Waals surface area contributed by atoms with E-state index < -0.39 is 11.4 Å². The molecule has 0 aromatic rings. The van der Waals surface area contributed by atoms with Gasteiger partial charge in [0, 0.05) is 12.8 Å². The van der Waals surface area contributed by atoms with Crippen molar-refractivity contribution < 1.29 is 40.0 Å². The summed E-state index contributed by atoms with van der Waals surface area (Å²) in [7, 11) is 0. The maximum Gasteiger partial charge on any atom is 0.305 e. The van der Waals surface area contributed by atoms with Crippen LogP contribution >= 0.6 is 0 Å². The lowest BCUT2D eigenvalue weighted by molar-refractivity contribution is -0.492. The summed E-state index contributed by atoms with van der Waals surface area (Å²) in [6.07, 6.45) is 1.48. The quantitative estimate of drug-likeness (QED) is 0.233. The van der Waals surface area contributed by atoms with Crippen LogP contribution in [0.5, 0.6) is 0 Å². The van der Waals surface area contributed by atoms with Crippen LogP contribution in [0, 0.1) is 0 Å². The molecule has 0 amide bonds. The molecule has 0 rings (SSSR count). The smallest absolute Gasteiger partial charge is 0.305 e. The van der Waals surface area contributed by atoms with Gasteiger partial charge in [-0.15, -0.1) is 0 Å². The predicted octanol–water partition coefficient (Wildman–Crippen LogP) is 0.114. The van der Waals surface area contributed by atoms with E-state index in [2.05, 4.69) is 9.68 Å². The Bertz CT molecular complexity index is 193. The van der Waals surface area contributed by atoms with E-state index in [1.165, 1.54) is 0 Å². The van der Waals surface area contributed by atoms with Crippen LogP contribution < -0.4 is 0 Å². The first-order valence-electron chi connectivity index (χ1n) is 5.29. The average molecular weight is 270 g/mol. The molecular weight excluding hydrogens is 252 g/mol. The van der Waals surface area contributed by atoms with Gasteiger partial charge in [-0.05, 0) is 12.8 Å². The van der Waals surface area contributed by atoms with Gasteiger partial charge in [-0.25, -0.2) is 0 Å². The highest BCUT2D eigenvalue weighted by molar-refractivity contribution is 5.69. The Morgan fingerprint density at radius 2 is 1.39 bits per heavy atom. The lowest BCUT2D eigenvalue weighted by Crippen LogP contribution is -2.17. The van der Waals surface area contributed by atoms with E-state index >= 15 is 0 Å². The first-order chi connectivity index (χ1) is 8.52. The van der Waals surface area contributed by atoms with Gasteiger partial charge in [0.25, 0.3) is 0 Å². The fraction of sp³-hybridized carbons (Fsp3) is 0.875. The molecule has 10 heteroatoms. The Morgan fingerprint density at radius 1 is 0.833 bits per heavy atom. The SMILES string of the molecule is O=C(CCCCON(O)O)OCCCON(O)O. The first-order valence-corrected chi connectivity index (χ1v) is 5.29. The summed E-state index contributed by atoms with van der Waals surface area (Å²) in [5.41, 5.74) is 0. The lowest BCUT2D eigenvalue weighted by atomic mass is 10.2. The van der Waals surface area contributed by atoms with Gasteiger partial charge in [0.05, 0.1) is 30.6 Å². The highest BCUT2D eigenvalue weighted by Gasteiger charge is 2.03. The summed E-state index contributed by atoms with van der Waals surface area (Å²) in [5.74, 6) is -0.398. The van der Waals surface area contributed by atoms with Gasteiger partial charge in [0.2, 0.25) is 0 Å². The van der Waals surface area contributed by atoms with E-state index in [1.807, 2.05) is 0 Å². The van der Waals surface area contributed by atoms with Crippen LogP contribution in [0.25, 0.3) is 0 Å². The van der Waals surface area contributed by atoms with E-state index in [-0.39, 0.29) is 31.6 Å². The summed E-state index contributed by atoms with van der Waals surface area (Å²) in [4.78, 5) is 19.6. The van der Waals surface area contributed by atoms with Crippen molar-refractivity contribution >= 4 is 5.97 Å². The van der Waals surface area contributed by atoms with Gasteiger partial charge in [0.1, 0.15) is 0 Å². The van der Waals surface area contributed by atoms with Gasteiger partial charge < -0.3 is 4.74 Å². The predicted molar refractivity (Wildman–Crippen MR) is 52.2 cm³/mol. The molecule has 4 N–H and O–H groups in total. The van der Waals surface area contributed by atoms with Crippen LogP contribution in [0.3, 0.4) is 0 Å². The average Bonchev–Trinajstić information content (AvgIpc) is 2.27. The fourth-order valence-corrected chi connectivity index (χ4v) is 0.981. The fourth-order valence-electron chi connectivity index (χ4n) is 0.981. The summed E-state index contributed by atoms with van der Waals surface area (Å²) < 4.78 is 4.80. The van der Waals surface area contributed by atoms with E-state index in [0.29, 0.717) is 19.3 Å². The second-order valence-corrected chi connectivity index (χ2v) is 3.20. The maximum atomic E-state index is 11.1. The van der Waals surface area contributed by atoms with Gasteiger partial charge in [0.15, 0.2) is 0 Å². The van der Waals surface area contributed by atoms with Crippen molar-refractivity contribution in [1.29, 1.82) is 0 Å². The highest BCUT2D eigenvalue weighted by atomic mass is 17.1. The molecule has 0 aliphatic carbocycles. The van der Waals surface area contributed by atoms with Gasteiger partial charge in [-0.1, -0.05) is 0 Å². The van der Waals surface area contributed by atoms with Crippen molar-refractivity contribution in [2.45, 2.75) is 25.7 Å². The molecule has 0 unspecified atom stereocenters.